The number of amides is 1. The average Bonchev–Trinajstić information content (AvgIpc) is 3.06. The van der Waals surface area contributed by atoms with E-state index >= 15 is 0 Å². The lowest BCUT2D eigenvalue weighted by molar-refractivity contribution is 0.102. The van der Waals surface area contributed by atoms with Crippen LogP contribution < -0.4 is 15.4 Å². The Morgan fingerprint density at radius 3 is 3.04 bits per heavy atom. The highest BCUT2D eigenvalue weighted by Crippen LogP contribution is 2.22. The molecule has 0 saturated carbocycles. The van der Waals surface area contributed by atoms with Crippen molar-refractivity contribution >= 4 is 11.7 Å². The topological polar surface area (TPSA) is 81.1 Å². The Morgan fingerprint density at radius 1 is 1.43 bits per heavy atom. The quantitative estimate of drug-likeness (QED) is 0.899. The van der Waals surface area contributed by atoms with E-state index in [0.29, 0.717) is 23.3 Å². The summed E-state index contributed by atoms with van der Waals surface area (Å²) in [6.45, 7) is 3.79. The molecule has 3 heterocycles. The minimum atomic E-state index is -0.288. The molecule has 0 aromatic carbocycles. The molecule has 1 aliphatic heterocycles. The second kappa shape index (κ2) is 6.78. The van der Waals surface area contributed by atoms with Crippen LogP contribution in [0.1, 0.15) is 35.1 Å². The third kappa shape index (κ3) is 3.50. The number of nitrogens with zero attached hydrogens (tertiary/aromatic N) is 3. The monoisotopic (exact) mass is 315 g/mol. The van der Waals surface area contributed by atoms with Gasteiger partial charge in [0.2, 0.25) is 0 Å². The summed E-state index contributed by atoms with van der Waals surface area (Å²) in [7, 11) is 1.55. The maximum absolute atomic E-state index is 12.4. The van der Waals surface area contributed by atoms with E-state index < -0.39 is 0 Å². The Kier molecular flexibility index (Phi) is 4.57. The van der Waals surface area contributed by atoms with Crippen LogP contribution in [0.5, 0.6) is 5.75 Å². The summed E-state index contributed by atoms with van der Waals surface area (Å²) < 4.78 is 7.09. The number of methoxy groups -OCH3 is 1. The molecule has 2 N–H and O–H groups in total. The SMILES string of the molecule is COc1ccc(C)nc1NC(=O)c1ccn(C2CCCNC2)n1. The Morgan fingerprint density at radius 2 is 2.30 bits per heavy atom. The zero-order valence-corrected chi connectivity index (χ0v) is 13.4. The van der Waals surface area contributed by atoms with Crippen molar-refractivity contribution in [1.29, 1.82) is 0 Å². The molecule has 1 atom stereocenters. The average molecular weight is 315 g/mol. The molecule has 1 saturated heterocycles. The summed E-state index contributed by atoms with van der Waals surface area (Å²) in [5, 5.41) is 10.5. The van der Waals surface area contributed by atoms with Crippen LogP contribution in [0, 0.1) is 6.92 Å². The number of piperidine rings is 1. The maximum Gasteiger partial charge on any atom is 0.277 e. The number of anilines is 1. The maximum atomic E-state index is 12.4. The van der Waals surface area contributed by atoms with Gasteiger partial charge >= 0.3 is 0 Å². The Balaban J connectivity index is 1.73. The van der Waals surface area contributed by atoms with Gasteiger partial charge in [-0.25, -0.2) is 4.98 Å². The summed E-state index contributed by atoms with van der Waals surface area (Å²) in [6.07, 6.45) is 4.05. The van der Waals surface area contributed by atoms with E-state index in [-0.39, 0.29) is 5.91 Å². The lowest BCUT2D eigenvalue weighted by Gasteiger charge is -2.22. The van der Waals surface area contributed by atoms with Gasteiger partial charge in [-0.1, -0.05) is 0 Å². The zero-order chi connectivity index (χ0) is 16.2. The molecule has 0 bridgehead atoms. The van der Waals surface area contributed by atoms with Crippen molar-refractivity contribution in [1.82, 2.24) is 20.1 Å². The van der Waals surface area contributed by atoms with Gasteiger partial charge in [0.05, 0.1) is 13.2 Å². The highest BCUT2D eigenvalue weighted by Gasteiger charge is 2.18. The summed E-state index contributed by atoms with van der Waals surface area (Å²) >= 11 is 0. The fourth-order valence-corrected chi connectivity index (χ4v) is 2.69. The largest absolute Gasteiger partial charge is 0.493 e. The second-order valence-corrected chi connectivity index (χ2v) is 5.64. The van der Waals surface area contributed by atoms with Gasteiger partial charge in [-0.15, -0.1) is 0 Å². The predicted octanol–water partition coefficient (Wildman–Crippen LogP) is 1.77. The number of pyridine rings is 1. The molecule has 0 aliphatic carbocycles. The van der Waals surface area contributed by atoms with Crippen LogP contribution in [0.15, 0.2) is 24.4 Å². The Bertz CT molecular complexity index is 692. The fourth-order valence-electron chi connectivity index (χ4n) is 2.69. The van der Waals surface area contributed by atoms with Crippen molar-refractivity contribution in [2.45, 2.75) is 25.8 Å². The van der Waals surface area contributed by atoms with Gasteiger partial charge in [-0.3, -0.25) is 9.48 Å². The minimum Gasteiger partial charge on any atom is -0.493 e. The first kappa shape index (κ1) is 15.5. The van der Waals surface area contributed by atoms with Gasteiger partial charge in [0.25, 0.3) is 5.91 Å². The third-order valence-electron chi connectivity index (χ3n) is 3.94. The molecule has 122 valence electrons. The highest BCUT2D eigenvalue weighted by atomic mass is 16.5. The first-order chi connectivity index (χ1) is 11.2. The van der Waals surface area contributed by atoms with Gasteiger partial charge in [0.1, 0.15) is 0 Å². The smallest absolute Gasteiger partial charge is 0.277 e. The number of aryl methyl sites for hydroxylation is 1. The molecule has 2 aromatic heterocycles. The molecular weight excluding hydrogens is 294 g/mol. The van der Waals surface area contributed by atoms with E-state index in [2.05, 4.69) is 20.7 Å². The van der Waals surface area contributed by atoms with Crippen LogP contribution >= 0.6 is 0 Å². The summed E-state index contributed by atoms with van der Waals surface area (Å²) in [6, 6.07) is 5.65. The van der Waals surface area contributed by atoms with Crippen molar-refractivity contribution in [2.24, 2.45) is 0 Å². The van der Waals surface area contributed by atoms with Gasteiger partial charge in [0.15, 0.2) is 17.3 Å². The van der Waals surface area contributed by atoms with Gasteiger partial charge in [-0.2, -0.15) is 5.10 Å². The van der Waals surface area contributed by atoms with E-state index in [1.165, 1.54) is 0 Å². The van der Waals surface area contributed by atoms with Crippen molar-refractivity contribution in [3.05, 3.63) is 35.8 Å². The molecule has 7 heteroatoms. The van der Waals surface area contributed by atoms with E-state index in [4.69, 9.17) is 4.74 Å². The summed E-state index contributed by atoms with van der Waals surface area (Å²) in [4.78, 5) is 16.7. The van der Waals surface area contributed by atoms with Crippen molar-refractivity contribution < 1.29 is 9.53 Å². The van der Waals surface area contributed by atoms with Gasteiger partial charge in [0, 0.05) is 18.4 Å². The highest BCUT2D eigenvalue weighted by molar-refractivity contribution is 6.02. The number of carbonyl (C=O) groups excluding carboxylic acids is 1. The molecule has 0 spiro atoms. The molecule has 7 nitrogen and oxygen atoms in total. The van der Waals surface area contributed by atoms with Crippen LogP contribution in [0.2, 0.25) is 0 Å². The standard InChI is InChI=1S/C16H21N5O2/c1-11-5-6-14(23-2)15(18-11)19-16(22)13-7-9-21(20-13)12-4-3-8-17-10-12/h5-7,9,12,17H,3-4,8,10H2,1-2H3,(H,18,19,22). The number of aromatic nitrogens is 3. The zero-order valence-electron chi connectivity index (χ0n) is 13.4. The molecule has 1 unspecified atom stereocenters. The Hall–Kier alpha value is -2.41. The van der Waals surface area contributed by atoms with Crippen LogP contribution in [0.4, 0.5) is 5.82 Å². The van der Waals surface area contributed by atoms with Crippen molar-refractivity contribution in [3.8, 4) is 5.75 Å². The molecule has 3 rings (SSSR count). The van der Waals surface area contributed by atoms with Crippen molar-refractivity contribution in [2.75, 3.05) is 25.5 Å². The second-order valence-electron chi connectivity index (χ2n) is 5.64. The van der Waals surface area contributed by atoms with E-state index in [0.717, 1.165) is 31.6 Å². The fraction of sp³-hybridized carbons (Fsp3) is 0.438. The van der Waals surface area contributed by atoms with Crippen LogP contribution in [-0.4, -0.2) is 40.9 Å². The third-order valence-corrected chi connectivity index (χ3v) is 3.94. The van der Waals surface area contributed by atoms with Crippen molar-refractivity contribution in [3.63, 3.8) is 0 Å². The van der Waals surface area contributed by atoms with Crippen LogP contribution in [0.3, 0.4) is 0 Å². The molecule has 1 amide bonds. The molecule has 23 heavy (non-hydrogen) atoms. The normalized spacial score (nSPS) is 17.7. The summed E-state index contributed by atoms with van der Waals surface area (Å²) in [5.41, 5.74) is 1.18. The molecular formula is C16H21N5O2. The predicted molar refractivity (Wildman–Crippen MR) is 86.8 cm³/mol. The Labute approximate surface area is 135 Å². The van der Waals surface area contributed by atoms with Crippen LogP contribution in [0.25, 0.3) is 0 Å². The molecule has 1 fully saturated rings. The molecule has 1 aliphatic rings. The van der Waals surface area contributed by atoms with Crippen LogP contribution in [-0.2, 0) is 0 Å². The first-order valence-electron chi connectivity index (χ1n) is 7.76. The van der Waals surface area contributed by atoms with E-state index in [1.54, 1.807) is 19.2 Å². The number of rotatable bonds is 4. The summed E-state index contributed by atoms with van der Waals surface area (Å²) in [5.74, 6) is 0.648. The lowest BCUT2D eigenvalue weighted by Crippen LogP contribution is -2.32. The first-order valence-corrected chi connectivity index (χ1v) is 7.76. The number of hydrogen-bond acceptors (Lipinski definition) is 5. The molecule has 2 aromatic rings. The molecule has 0 radical (unpaired) electrons. The lowest BCUT2D eigenvalue weighted by atomic mass is 10.1. The number of ether oxygens (including phenoxy) is 1. The van der Waals surface area contributed by atoms with Gasteiger partial charge in [-0.05, 0) is 44.5 Å². The van der Waals surface area contributed by atoms with Gasteiger partial charge < -0.3 is 15.4 Å². The minimum absolute atomic E-state index is 0.288. The van der Waals surface area contributed by atoms with E-state index in [1.807, 2.05) is 23.9 Å². The number of nitrogens with one attached hydrogen (secondary N) is 2. The number of carbonyl (C=O) groups is 1. The van der Waals surface area contributed by atoms with E-state index in [9.17, 15) is 4.79 Å². The number of hydrogen-bond donors (Lipinski definition) is 2.